The number of aromatic nitrogens is 3. The van der Waals surface area contributed by atoms with E-state index >= 15 is 0 Å². The third-order valence-electron chi connectivity index (χ3n) is 2.40. The lowest BCUT2D eigenvalue weighted by atomic mass is 10.0. The van der Waals surface area contributed by atoms with E-state index in [0.29, 0.717) is 12.0 Å². The molecule has 0 aliphatic carbocycles. The highest BCUT2D eigenvalue weighted by molar-refractivity contribution is 7.71. The molecule has 1 unspecified atom stereocenters. The van der Waals surface area contributed by atoms with Gasteiger partial charge in [-0.15, -0.1) is 0 Å². The lowest BCUT2D eigenvalue weighted by molar-refractivity contribution is 0.356. The second-order valence-corrected chi connectivity index (χ2v) is 4.05. The van der Waals surface area contributed by atoms with Gasteiger partial charge in [-0.1, -0.05) is 20.8 Å². The summed E-state index contributed by atoms with van der Waals surface area (Å²) in [6, 6.07) is 0.464. The summed E-state index contributed by atoms with van der Waals surface area (Å²) in [5.41, 5.74) is 0. The van der Waals surface area contributed by atoms with Gasteiger partial charge >= 0.3 is 0 Å². The molecule has 0 fully saturated rings. The average molecular weight is 199 g/mol. The second-order valence-electron chi connectivity index (χ2n) is 3.67. The molecule has 1 atom stereocenters. The largest absolute Gasteiger partial charge is 0.301 e. The first-order valence-corrected chi connectivity index (χ1v) is 5.12. The zero-order valence-corrected chi connectivity index (χ0v) is 9.48. The molecule has 74 valence electrons. The van der Waals surface area contributed by atoms with Crippen LogP contribution in [0.5, 0.6) is 0 Å². The SMILES string of the molecule is CCC(C(C)C)n1c(C)n[nH]c1=S. The zero-order chi connectivity index (χ0) is 10.0. The van der Waals surface area contributed by atoms with E-state index in [9.17, 15) is 0 Å². The first-order valence-electron chi connectivity index (χ1n) is 4.71. The Morgan fingerprint density at radius 2 is 2.15 bits per heavy atom. The highest BCUT2D eigenvalue weighted by Gasteiger charge is 2.16. The van der Waals surface area contributed by atoms with Crippen molar-refractivity contribution in [3.05, 3.63) is 10.6 Å². The summed E-state index contributed by atoms with van der Waals surface area (Å²) in [6.07, 6.45) is 1.09. The van der Waals surface area contributed by atoms with Crippen LogP contribution in [0, 0.1) is 17.6 Å². The van der Waals surface area contributed by atoms with E-state index in [4.69, 9.17) is 12.2 Å². The van der Waals surface area contributed by atoms with E-state index in [-0.39, 0.29) is 0 Å². The molecule has 1 heterocycles. The van der Waals surface area contributed by atoms with Crippen LogP contribution in [0.3, 0.4) is 0 Å². The minimum absolute atomic E-state index is 0.464. The number of hydrogen-bond acceptors (Lipinski definition) is 2. The van der Waals surface area contributed by atoms with E-state index in [1.807, 2.05) is 6.92 Å². The Bertz CT molecular complexity index is 324. The molecule has 0 aromatic carbocycles. The lowest BCUT2D eigenvalue weighted by Crippen LogP contribution is -2.15. The van der Waals surface area contributed by atoms with Crippen molar-refractivity contribution in [1.82, 2.24) is 14.8 Å². The standard InChI is InChI=1S/C9H17N3S/c1-5-8(6(2)3)12-7(4)10-11-9(12)13/h6,8H,5H2,1-4H3,(H,11,13). The minimum Gasteiger partial charge on any atom is -0.301 e. The Hall–Kier alpha value is -0.640. The number of nitrogens with zero attached hydrogens (tertiary/aromatic N) is 2. The van der Waals surface area contributed by atoms with Crippen LogP contribution in [0.2, 0.25) is 0 Å². The third kappa shape index (κ3) is 1.99. The summed E-state index contributed by atoms with van der Waals surface area (Å²) in [6.45, 7) is 8.58. The molecule has 4 heteroatoms. The Morgan fingerprint density at radius 3 is 2.46 bits per heavy atom. The fourth-order valence-electron chi connectivity index (χ4n) is 1.73. The van der Waals surface area contributed by atoms with Gasteiger partial charge in [0.2, 0.25) is 0 Å². The summed E-state index contributed by atoms with van der Waals surface area (Å²) >= 11 is 5.18. The summed E-state index contributed by atoms with van der Waals surface area (Å²) in [5.74, 6) is 1.57. The topological polar surface area (TPSA) is 33.6 Å². The maximum Gasteiger partial charge on any atom is 0.195 e. The molecule has 3 nitrogen and oxygen atoms in total. The van der Waals surface area contributed by atoms with E-state index in [0.717, 1.165) is 17.0 Å². The molecular formula is C9H17N3S. The number of hydrogen-bond donors (Lipinski definition) is 1. The van der Waals surface area contributed by atoms with Crippen molar-refractivity contribution in [2.45, 2.75) is 40.2 Å². The van der Waals surface area contributed by atoms with Crippen LogP contribution in [0.15, 0.2) is 0 Å². The lowest BCUT2D eigenvalue weighted by Gasteiger charge is -2.21. The highest BCUT2D eigenvalue weighted by Crippen LogP contribution is 2.22. The molecule has 1 rings (SSSR count). The van der Waals surface area contributed by atoms with Gasteiger partial charge in [-0.05, 0) is 31.5 Å². The van der Waals surface area contributed by atoms with Crippen molar-refractivity contribution >= 4 is 12.2 Å². The molecule has 0 bridgehead atoms. The van der Waals surface area contributed by atoms with Gasteiger partial charge in [-0.25, -0.2) is 0 Å². The van der Waals surface area contributed by atoms with Crippen molar-refractivity contribution < 1.29 is 0 Å². The van der Waals surface area contributed by atoms with Gasteiger partial charge in [0.15, 0.2) is 4.77 Å². The average Bonchev–Trinajstić information content (AvgIpc) is 2.36. The second kappa shape index (κ2) is 4.05. The summed E-state index contributed by atoms with van der Waals surface area (Å²) in [4.78, 5) is 0. The Balaban J connectivity index is 3.11. The smallest absolute Gasteiger partial charge is 0.195 e. The molecule has 0 spiro atoms. The van der Waals surface area contributed by atoms with Crippen molar-refractivity contribution in [3.8, 4) is 0 Å². The third-order valence-corrected chi connectivity index (χ3v) is 2.69. The monoisotopic (exact) mass is 199 g/mol. The van der Waals surface area contributed by atoms with Gasteiger partial charge in [-0.3, -0.25) is 5.10 Å². The predicted octanol–water partition coefficient (Wildman–Crippen LogP) is 2.86. The Morgan fingerprint density at radius 1 is 1.54 bits per heavy atom. The molecule has 1 aromatic rings. The van der Waals surface area contributed by atoms with Gasteiger partial charge < -0.3 is 4.57 Å². The molecule has 13 heavy (non-hydrogen) atoms. The molecule has 1 aromatic heterocycles. The van der Waals surface area contributed by atoms with Crippen molar-refractivity contribution in [2.75, 3.05) is 0 Å². The Labute approximate surface area is 84.2 Å². The van der Waals surface area contributed by atoms with Crippen LogP contribution in [-0.2, 0) is 0 Å². The quantitative estimate of drug-likeness (QED) is 0.759. The number of rotatable bonds is 3. The van der Waals surface area contributed by atoms with Gasteiger partial charge in [-0.2, -0.15) is 5.10 Å². The molecule has 1 N–H and O–H groups in total. The van der Waals surface area contributed by atoms with Crippen molar-refractivity contribution in [1.29, 1.82) is 0 Å². The van der Waals surface area contributed by atoms with Gasteiger partial charge in [0.25, 0.3) is 0 Å². The summed E-state index contributed by atoms with van der Waals surface area (Å²) in [5, 5.41) is 6.94. The molecule has 0 aliphatic heterocycles. The van der Waals surface area contributed by atoms with E-state index < -0.39 is 0 Å². The van der Waals surface area contributed by atoms with E-state index in [2.05, 4.69) is 35.5 Å². The molecule has 0 radical (unpaired) electrons. The molecule has 0 aliphatic rings. The maximum atomic E-state index is 5.18. The molecular weight excluding hydrogens is 182 g/mol. The molecule has 0 saturated carbocycles. The predicted molar refractivity (Wildman–Crippen MR) is 56.3 cm³/mol. The number of aromatic amines is 1. The van der Waals surface area contributed by atoms with Crippen LogP contribution in [0.25, 0.3) is 0 Å². The minimum atomic E-state index is 0.464. The van der Waals surface area contributed by atoms with Gasteiger partial charge in [0.05, 0.1) is 0 Å². The first kappa shape index (κ1) is 10.4. The van der Waals surface area contributed by atoms with E-state index in [1.165, 1.54) is 0 Å². The molecule has 0 amide bonds. The fourth-order valence-corrected chi connectivity index (χ4v) is 2.04. The summed E-state index contributed by atoms with van der Waals surface area (Å²) in [7, 11) is 0. The molecule has 0 saturated heterocycles. The summed E-state index contributed by atoms with van der Waals surface area (Å²) < 4.78 is 2.85. The van der Waals surface area contributed by atoms with Crippen LogP contribution in [-0.4, -0.2) is 14.8 Å². The highest BCUT2D eigenvalue weighted by atomic mass is 32.1. The van der Waals surface area contributed by atoms with Crippen LogP contribution in [0.1, 0.15) is 39.1 Å². The van der Waals surface area contributed by atoms with Crippen molar-refractivity contribution in [3.63, 3.8) is 0 Å². The normalized spacial score (nSPS) is 13.6. The number of aryl methyl sites for hydroxylation is 1. The van der Waals surface area contributed by atoms with Crippen LogP contribution >= 0.6 is 12.2 Å². The van der Waals surface area contributed by atoms with Crippen LogP contribution < -0.4 is 0 Å². The van der Waals surface area contributed by atoms with E-state index in [1.54, 1.807) is 0 Å². The number of nitrogens with one attached hydrogen (secondary N) is 1. The van der Waals surface area contributed by atoms with Gasteiger partial charge in [0, 0.05) is 6.04 Å². The van der Waals surface area contributed by atoms with Crippen molar-refractivity contribution in [2.24, 2.45) is 5.92 Å². The fraction of sp³-hybridized carbons (Fsp3) is 0.778. The first-order chi connectivity index (χ1) is 6.07. The van der Waals surface area contributed by atoms with Gasteiger partial charge in [0.1, 0.15) is 5.82 Å². The maximum absolute atomic E-state index is 5.18. The zero-order valence-electron chi connectivity index (χ0n) is 8.66. The van der Waals surface area contributed by atoms with Crippen LogP contribution in [0.4, 0.5) is 0 Å². The number of H-pyrrole nitrogens is 1. The Kier molecular flexibility index (Phi) is 3.25.